The van der Waals surface area contributed by atoms with E-state index in [0.717, 1.165) is 0 Å². The van der Waals surface area contributed by atoms with Gasteiger partial charge in [0.1, 0.15) is 0 Å². The average Bonchev–Trinajstić information content (AvgIpc) is 1.84. The number of halogens is 1. The van der Waals surface area contributed by atoms with Crippen molar-refractivity contribution < 1.29 is 4.79 Å². The first-order chi connectivity index (χ1) is 5.43. The van der Waals surface area contributed by atoms with Gasteiger partial charge < -0.3 is 11.1 Å². The van der Waals surface area contributed by atoms with Gasteiger partial charge in [-0.15, -0.1) is 12.4 Å². The molecule has 3 nitrogen and oxygen atoms in total. The zero-order valence-corrected chi connectivity index (χ0v) is 9.44. The summed E-state index contributed by atoms with van der Waals surface area (Å²) >= 11 is 0. The van der Waals surface area contributed by atoms with Crippen LogP contribution in [0.1, 0.15) is 27.7 Å². The quantitative estimate of drug-likeness (QED) is 0.683. The van der Waals surface area contributed by atoms with E-state index in [2.05, 4.69) is 5.32 Å². The average molecular weight is 207 g/mol. The normalized spacial score (nSPS) is 13.5. The Hall–Kier alpha value is -0.540. The second kappa shape index (κ2) is 6.92. The Bertz CT molecular complexity index is 188. The van der Waals surface area contributed by atoms with E-state index in [0.29, 0.717) is 5.57 Å². The molecule has 13 heavy (non-hydrogen) atoms. The maximum absolute atomic E-state index is 11.3. The van der Waals surface area contributed by atoms with Crippen LogP contribution in [0.3, 0.4) is 0 Å². The summed E-state index contributed by atoms with van der Waals surface area (Å²) in [5.41, 5.74) is 6.18. The number of carbonyl (C=O) groups excluding carboxylic acids is 1. The van der Waals surface area contributed by atoms with E-state index < -0.39 is 0 Å². The standard InChI is InChI=1S/C9H18N2O.ClH/c1-6(2)11-9(12)7(3)5-8(4)10;/h5-6,8H,10H2,1-4H3,(H,11,12);1H/b7-5+;/t8-;/m0./s1. The van der Waals surface area contributed by atoms with Crippen LogP contribution in [0.5, 0.6) is 0 Å². The maximum atomic E-state index is 11.3. The van der Waals surface area contributed by atoms with Crippen molar-refractivity contribution in [2.24, 2.45) is 5.73 Å². The molecule has 0 aromatic carbocycles. The molecular weight excluding hydrogens is 188 g/mol. The van der Waals surface area contributed by atoms with Gasteiger partial charge in [0.15, 0.2) is 0 Å². The Labute approximate surface area is 86.2 Å². The van der Waals surface area contributed by atoms with Gasteiger partial charge in [-0.05, 0) is 27.7 Å². The summed E-state index contributed by atoms with van der Waals surface area (Å²) in [5.74, 6) is -0.0395. The van der Waals surface area contributed by atoms with Crippen LogP contribution < -0.4 is 11.1 Å². The molecule has 0 heterocycles. The SMILES string of the molecule is C/C(=C\[C@H](C)N)C(=O)NC(C)C.Cl. The molecule has 3 N–H and O–H groups in total. The van der Waals surface area contributed by atoms with Crippen molar-refractivity contribution in [1.82, 2.24) is 5.32 Å². The van der Waals surface area contributed by atoms with Gasteiger partial charge in [0, 0.05) is 17.7 Å². The number of rotatable bonds is 3. The minimum absolute atomic E-state index is 0. The highest BCUT2D eigenvalue weighted by molar-refractivity contribution is 5.92. The molecule has 0 aliphatic rings. The van der Waals surface area contributed by atoms with Crippen LogP contribution in [-0.2, 0) is 4.79 Å². The van der Waals surface area contributed by atoms with Crippen molar-refractivity contribution in [3.8, 4) is 0 Å². The summed E-state index contributed by atoms with van der Waals surface area (Å²) < 4.78 is 0. The smallest absolute Gasteiger partial charge is 0.246 e. The Balaban J connectivity index is 0. The van der Waals surface area contributed by atoms with Crippen molar-refractivity contribution in [1.29, 1.82) is 0 Å². The Morgan fingerprint density at radius 2 is 1.85 bits per heavy atom. The molecule has 4 heteroatoms. The summed E-state index contributed by atoms with van der Waals surface area (Å²) in [6, 6.07) is 0.108. The van der Waals surface area contributed by atoms with E-state index in [1.807, 2.05) is 20.8 Å². The van der Waals surface area contributed by atoms with Crippen LogP contribution in [0.4, 0.5) is 0 Å². The van der Waals surface area contributed by atoms with E-state index in [9.17, 15) is 4.79 Å². The summed E-state index contributed by atoms with van der Waals surface area (Å²) in [4.78, 5) is 11.3. The molecule has 0 aliphatic carbocycles. The molecule has 0 radical (unpaired) electrons. The van der Waals surface area contributed by atoms with Gasteiger partial charge in [-0.3, -0.25) is 4.79 Å². The highest BCUT2D eigenvalue weighted by atomic mass is 35.5. The van der Waals surface area contributed by atoms with Gasteiger partial charge in [0.2, 0.25) is 5.91 Å². The van der Waals surface area contributed by atoms with Gasteiger partial charge >= 0.3 is 0 Å². The van der Waals surface area contributed by atoms with Gasteiger partial charge in [-0.2, -0.15) is 0 Å². The predicted octanol–water partition coefficient (Wildman–Crippen LogP) is 1.23. The third-order valence-corrected chi connectivity index (χ3v) is 1.29. The molecule has 0 rings (SSSR count). The van der Waals surface area contributed by atoms with E-state index >= 15 is 0 Å². The molecule has 1 amide bonds. The lowest BCUT2D eigenvalue weighted by molar-refractivity contribution is -0.117. The molecule has 0 fully saturated rings. The number of carbonyl (C=O) groups is 1. The molecule has 1 atom stereocenters. The number of hydrogen-bond donors (Lipinski definition) is 2. The summed E-state index contributed by atoms with van der Waals surface area (Å²) in [6.45, 7) is 7.46. The topological polar surface area (TPSA) is 55.1 Å². The number of amides is 1. The zero-order chi connectivity index (χ0) is 9.72. The predicted molar refractivity (Wildman–Crippen MR) is 57.9 cm³/mol. The molecule has 0 saturated carbocycles. The number of nitrogens with two attached hydrogens (primary N) is 1. The van der Waals surface area contributed by atoms with E-state index in [4.69, 9.17) is 5.73 Å². The van der Waals surface area contributed by atoms with E-state index in [-0.39, 0.29) is 30.4 Å². The molecule has 0 unspecified atom stereocenters. The maximum Gasteiger partial charge on any atom is 0.246 e. The molecule has 0 saturated heterocycles. The van der Waals surface area contributed by atoms with E-state index in [1.165, 1.54) is 0 Å². The van der Waals surface area contributed by atoms with Crippen LogP contribution in [0, 0.1) is 0 Å². The van der Waals surface area contributed by atoms with Gasteiger partial charge in [-0.1, -0.05) is 6.08 Å². The Morgan fingerprint density at radius 3 is 2.15 bits per heavy atom. The van der Waals surface area contributed by atoms with Crippen molar-refractivity contribution in [3.63, 3.8) is 0 Å². The van der Waals surface area contributed by atoms with Crippen LogP contribution in [0.15, 0.2) is 11.6 Å². The highest BCUT2D eigenvalue weighted by Gasteiger charge is 2.05. The molecule has 0 spiro atoms. The highest BCUT2D eigenvalue weighted by Crippen LogP contribution is 1.95. The molecule has 0 bridgehead atoms. The fraction of sp³-hybridized carbons (Fsp3) is 0.667. The van der Waals surface area contributed by atoms with Crippen LogP contribution in [-0.4, -0.2) is 18.0 Å². The first kappa shape index (κ1) is 15.0. The second-order valence-electron chi connectivity index (χ2n) is 3.34. The lowest BCUT2D eigenvalue weighted by Gasteiger charge is -2.08. The minimum Gasteiger partial charge on any atom is -0.350 e. The lowest BCUT2D eigenvalue weighted by Crippen LogP contribution is -2.31. The number of hydrogen-bond acceptors (Lipinski definition) is 2. The van der Waals surface area contributed by atoms with Gasteiger partial charge in [0.25, 0.3) is 0 Å². The largest absolute Gasteiger partial charge is 0.350 e. The fourth-order valence-electron chi connectivity index (χ4n) is 0.846. The molecule has 0 aliphatic heterocycles. The third kappa shape index (κ3) is 7.81. The number of nitrogens with one attached hydrogen (secondary N) is 1. The summed E-state index contributed by atoms with van der Waals surface area (Å²) in [7, 11) is 0. The zero-order valence-electron chi connectivity index (χ0n) is 8.63. The molecular formula is C9H19ClN2O. The van der Waals surface area contributed by atoms with Crippen LogP contribution >= 0.6 is 12.4 Å². The van der Waals surface area contributed by atoms with Gasteiger partial charge in [0.05, 0.1) is 0 Å². The van der Waals surface area contributed by atoms with Crippen molar-refractivity contribution in [2.45, 2.75) is 39.8 Å². The second-order valence-corrected chi connectivity index (χ2v) is 3.34. The van der Waals surface area contributed by atoms with Crippen molar-refractivity contribution >= 4 is 18.3 Å². The summed E-state index contributed by atoms with van der Waals surface area (Å²) in [5, 5.41) is 2.79. The fourth-order valence-corrected chi connectivity index (χ4v) is 0.846. The van der Waals surface area contributed by atoms with Gasteiger partial charge in [-0.25, -0.2) is 0 Å². The van der Waals surface area contributed by atoms with Crippen LogP contribution in [0.25, 0.3) is 0 Å². The Kier molecular flexibility index (Phi) is 7.96. The monoisotopic (exact) mass is 206 g/mol. The third-order valence-electron chi connectivity index (χ3n) is 1.29. The van der Waals surface area contributed by atoms with Crippen molar-refractivity contribution in [3.05, 3.63) is 11.6 Å². The van der Waals surface area contributed by atoms with Crippen molar-refractivity contribution in [2.75, 3.05) is 0 Å². The minimum atomic E-state index is -0.0667. The van der Waals surface area contributed by atoms with Crippen LogP contribution in [0.2, 0.25) is 0 Å². The summed E-state index contributed by atoms with van der Waals surface area (Å²) in [6.07, 6.45) is 1.75. The molecule has 78 valence electrons. The first-order valence-corrected chi connectivity index (χ1v) is 4.18. The molecule has 0 aromatic heterocycles. The first-order valence-electron chi connectivity index (χ1n) is 4.18. The lowest BCUT2D eigenvalue weighted by atomic mass is 10.2. The Morgan fingerprint density at radius 1 is 1.38 bits per heavy atom. The molecule has 0 aromatic rings. The van der Waals surface area contributed by atoms with E-state index in [1.54, 1.807) is 13.0 Å².